The molecule has 4 nitrogen and oxygen atoms in total. The predicted octanol–water partition coefficient (Wildman–Crippen LogP) is 1.98. The molecule has 3 rings (SSSR count). The highest BCUT2D eigenvalue weighted by Gasteiger charge is 2.51. The number of pyridine rings is 1. The standard InChI is InChI=1S/C15H23BN2O2/c1-14(2)15(3,4)20-16(19-14)12-7-8-17-13(11-12)18-9-5-6-10-18/h7-8,11H,5-6,9-10H2,1-4H3. The topological polar surface area (TPSA) is 34.6 Å². The molecule has 2 aliphatic rings. The number of nitrogens with zero attached hydrogens (tertiary/aromatic N) is 2. The summed E-state index contributed by atoms with van der Waals surface area (Å²) in [5.41, 5.74) is 0.462. The Hall–Kier alpha value is -1.07. The van der Waals surface area contributed by atoms with Crippen LogP contribution in [0.3, 0.4) is 0 Å². The van der Waals surface area contributed by atoms with Gasteiger partial charge in [-0.2, -0.15) is 0 Å². The molecule has 20 heavy (non-hydrogen) atoms. The van der Waals surface area contributed by atoms with E-state index in [2.05, 4.69) is 43.6 Å². The Bertz CT molecular complexity index is 482. The van der Waals surface area contributed by atoms with Gasteiger partial charge in [-0.15, -0.1) is 0 Å². The molecule has 2 fully saturated rings. The summed E-state index contributed by atoms with van der Waals surface area (Å²) in [4.78, 5) is 6.81. The normalized spacial score (nSPS) is 24.4. The first kappa shape index (κ1) is 13.9. The lowest BCUT2D eigenvalue weighted by molar-refractivity contribution is 0.00578. The Morgan fingerprint density at radius 2 is 1.70 bits per heavy atom. The van der Waals surface area contributed by atoms with Crippen LogP contribution in [0.25, 0.3) is 0 Å². The van der Waals surface area contributed by atoms with Gasteiger partial charge in [0.15, 0.2) is 0 Å². The van der Waals surface area contributed by atoms with E-state index >= 15 is 0 Å². The fourth-order valence-electron chi connectivity index (χ4n) is 2.68. The van der Waals surface area contributed by atoms with Crippen LogP contribution < -0.4 is 10.4 Å². The van der Waals surface area contributed by atoms with Gasteiger partial charge in [0.2, 0.25) is 0 Å². The molecule has 0 unspecified atom stereocenters. The van der Waals surface area contributed by atoms with Crippen LogP contribution in [-0.4, -0.2) is 36.4 Å². The summed E-state index contributed by atoms with van der Waals surface area (Å²) in [7, 11) is -0.302. The van der Waals surface area contributed by atoms with E-state index in [9.17, 15) is 0 Å². The molecule has 0 aromatic carbocycles. The van der Waals surface area contributed by atoms with Gasteiger partial charge in [0.05, 0.1) is 11.2 Å². The zero-order valence-electron chi connectivity index (χ0n) is 12.8. The molecule has 0 saturated carbocycles. The zero-order valence-corrected chi connectivity index (χ0v) is 12.8. The number of hydrogen-bond donors (Lipinski definition) is 0. The van der Waals surface area contributed by atoms with Gasteiger partial charge in [0, 0.05) is 19.3 Å². The SMILES string of the molecule is CC1(C)OB(c2ccnc(N3CCCC3)c2)OC1(C)C. The average molecular weight is 274 g/mol. The lowest BCUT2D eigenvalue weighted by Crippen LogP contribution is -2.41. The molecule has 2 saturated heterocycles. The first-order chi connectivity index (χ1) is 9.39. The molecule has 0 bridgehead atoms. The Morgan fingerprint density at radius 1 is 1.10 bits per heavy atom. The van der Waals surface area contributed by atoms with Crippen LogP contribution in [0.15, 0.2) is 18.3 Å². The first-order valence-electron chi connectivity index (χ1n) is 7.46. The van der Waals surface area contributed by atoms with Gasteiger partial charge < -0.3 is 14.2 Å². The summed E-state index contributed by atoms with van der Waals surface area (Å²) in [6.07, 6.45) is 4.36. The Kier molecular flexibility index (Phi) is 3.29. The minimum Gasteiger partial charge on any atom is -0.399 e. The van der Waals surface area contributed by atoms with Gasteiger partial charge >= 0.3 is 7.12 Å². The summed E-state index contributed by atoms with van der Waals surface area (Å²) >= 11 is 0. The van der Waals surface area contributed by atoms with Crippen molar-refractivity contribution in [3.8, 4) is 0 Å². The van der Waals surface area contributed by atoms with Crippen molar-refractivity contribution in [2.24, 2.45) is 0 Å². The van der Waals surface area contributed by atoms with Gasteiger partial charge in [-0.1, -0.05) is 0 Å². The number of rotatable bonds is 2. The Balaban J connectivity index is 1.83. The highest BCUT2D eigenvalue weighted by Crippen LogP contribution is 2.36. The van der Waals surface area contributed by atoms with E-state index in [1.165, 1.54) is 12.8 Å². The van der Waals surface area contributed by atoms with E-state index in [-0.39, 0.29) is 18.3 Å². The second kappa shape index (κ2) is 4.74. The maximum Gasteiger partial charge on any atom is 0.495 e. The average Bonchev–Trinajstić information content (AvgIpc) is 2.97. The van der Waals surface area contributed by atoms with Crippen molar-refractivity contribution in [2.75, 3.05) is 18.0 Å². The minimum atomic E-state index is -0.302. The third kappa shape index (κ3) is 2.33. The van der Waals surface area contributed by atoms with Crippen molar-refractivity contribution in [1.82, 2.24) is 4.98 Å². The van der Waals surface area contributed by atoms with Gasteiger partial charge in [-0.05, 0) is 58.1 Å². The van der Waals surface area contributed by atoms with Gasteiger partial charge in [0.1, 0.15) is 5.82 Å². The third-order valence-electron chi connectivity index (χ3n) is 4.73. The van der Waals surface area contributed by atoms with Crippen molar-refractivity contribution in [2.45, 2.75) is 51.7 Å². The number of anilines is 1. The molecule has 108 valence electrons. The second-order valence-corrected chi connectivity index (χ2v) is 6.73. The fourth-order valence-corrected chi connectivity index (χ4v) is 2.68. The Labute approximate surface area is 121 Å². The van der Waals surface area contributed by atoms with E-state index in [1.807, 2.05) is 12.3 Å². The second-order valence-electron chi connectivity index (χ2n) is 6.73. The van der Waals surface area contributed by atoms with Crippen LogP contribution >= 0.6 is 0 Å². The molecule has 1 aromatic rings. The Morgan fingerprint density at radius 3 is 2.30 bits per heavy atom. The molecule has 0 spiro atoms. The monoisotopic (exact) mass is 274 g/mol. The van der Waals surface area contributed by atoms with Crippen molar-refractivity contribution in [3.05, 3.63) is 18.3 Å². The summed E-state index contributed by atoms with van der Waals surface area (Å²) < 4.78 is 12.2. The molecule has 0 N–H and O–H groups in total. The molecule has 0 radical (unpaired) electrons. The van der Waals surface area contributed by atoms with E-state index < -0.39 is 0 Å². The van der Waals surface area contributed by atoms with E-state index in [1.54, 1.807) is 0 Å². The largest absolute Gasteiger partial charge is 0.495 e. The molecule has 2 aliphatic heterocycles. The van der Waals surface area contributed by atoms with E-state index in [4.69, 9.17) is 9.31 Å². The molecule has 5 heteroatoms. The summed E-state index contributed by atoms with van der Waals surface area (Å²) in [6, 6.07) is 4.09. The maximum absolute atomic E-state index is 6.10. The number of aromatic nitrogens is 1. The van der Waals surface area contributed by atoms with Crippen molar-refractivity contribution in [1.29, 1.82) is 0 Å². The molecule has 3 heterocycles. The van der Waals surface area contributed by atoms with Crippen LogP contribution in [0.2, 0.25) is 0 Å². The van der Waals surface area contributed by atoms with Crippen molar-refractivity contribution in [3.63, 3.8) is 0 Å². The summed E-state index contributed by atoms with van der Waals surface area (Å²) in [5, 5.41) is 0. The van der Waals surface area contributed by atoms with Crippen LogP contribution in [-0.2, 0) is 9.31 Å². The van der Waals surface area contributed by atoms with E-state index in [0.29, 0.717) is 0 Å². The van der Waals surface area contributed by atoms with E-state index in [0.717, 1.165) is 24.4 Å². The summed E-state index contributed by atoms with van der Waals surface area (Å²) in [6.45, 7) is 10.5. The lowest BCUT2D eigenvalue weighted by atomic mass is 9.79. The van der Waals surface area contributed by atoms with Gasteiger partial charge in [-0.25, -0.2) is 4.98 Å². The zero-order chi connectivity index (χ0) is 14.4. The maximum atomic E-state index is 6.10. The van der Waals surface area contributed by atoms with Gasteiger partial charge in [-0.3, -0.25) is 0 Å². The molecule has 0 aliphatic carbocycles. The molecular formula is C15H23BN2O2. The molecular weight excluding hydrogens is 251 g/mol. The fraction of sp³-hybridized carbons (Fsp3) is 0.667. The highest BCUT2D eigenvalue weighted by molar-refractivity contribution is 6.62. The minimum absolute atomic E-state index is 0.297. The molecule has 1 aromatic heterocycles. The summed E-state index contributed by atoms with van der Waals surface area (Å²) in [5.74, 6) is 1.04. The number of hydrogen-bond acceptors (Lipinski definition) is 4. The third-order valence-corrected chi connectivity index (χ3v) is 4.73. The molecule has 0 atom stereocenters. The lowest BCUT2D eigenvalue weighted by Gasteiger charge is -2.32. The smallest absolute Gasteiger partial charge is 0.399 e. The van der Waals surface area contributed by atoms with Crippen molar-refractivity contribution >= 4 is 18.4 Å². The van der Waals surface area contributed by atoms with Crippen LogP contribution in [0.4, 0.5) is 5.82 Å². The van der Waals surface area contributed by atoms with Crippen LogP contribution in [0.5, 0.6) is 0 Å². The highest BCUT2D eigenvalue weighted by atomic mass is 16.7. The van der Waals surface area contributed by atoms with Crippen molar-refractivity contribution < 1.29 is 9.31 Å². The quantitative estimate of drug-likeness (QED) is 0.772. The first-order valence-corrected chi connectivity index (χ1v) is 7.46. The molecule has 0 amide bonds. The van der Waals surface area contributed by atoms with Crippen LogP contribution in [0.1, 0.15) is 40.5 Å². The van der Waals surface area contributed by atoms with Gasteiger partial charge in [0.25, 0.3) is 0 Å². The van der Waals surface area contributed by atoms with Crippen LogP contribution in [0, 0.1) is 0 Å². The predicted molar refractivity (Wildman–Crippen MR) is 81.4 cm³/mol.